The SMILES string of the molecule is N=C(N)NCCC[C@H](NC(=O)[C@@H](N)CCCNC(=N)N)C(=O)N[C@H](CS)C(=O)O. The third kappa shape index (κ3) is 12.4. The number of nitrogens with one attached hydrogen (secondary N) is 6. The summed E-state index contributed by atoms with van der Waals surface area (Å²) in [5, 5.41) is 33.2. The molecule has 0 aliphatic carbocycles. The van der Waals surface area contributed by atoms with Crippen LogP contribution in [0.25, 0.3) is 0 Å². The largest absolute Gasteiger partial charge is 0.480 e. The van der Waals surface area contributed by atoms with Gasteiger partial charge in [0, 0.05) is 18.8 Å². The van der Waals surface area contributed by atoms with E-state index in [9.17, 15) is 14.4 Å². The summed E-state index contributed by atoms with van der Waals surface area (Å²) in [5.74, 6) is -3.01. The van der Waals surface area contributed by atoms with Gasteiger partial charge < -0.3 is 43.6 Å². The molecule has 29 heavy (non-hydrogen) atoms. The van der Waals surface area contributed by atoms with E-state index in [1.165, 1.54) is 0 Å². The van der Waals surface area contributed by atoms with Gasteiger partial charge in [-0.25, -0.2) is 4.79 Å². The van der Waals surface area contributed by atoms with Gasteiger partial charge >= 0.3 is 5.97 Å². The Labute approximate surface area is 174 Å². The summed E-state index contributed by atoms with van der Waals surface area (Å²) >= 11 is 3.89. The van der Waals surface area contributed by atoms with E-state index in [1.54, 1.807) is 0 Å². The molecule has 0 aromatic carbocycles. The number of hydrogen-bond acceptors (Lipinski definition) is 7. The summed E-state index contributed by atoms with van der Waals surface area (Å²) < 4.78 is 0. The number of amides is 2. The molecule has 0 saturated carbocycles. The molecule has 0 aromatic heterocycles. The first-order valence-electron chi connectivity index (χ1n) is 8.94. The van der Waals surface area contributed by atoms with Crippen molar-refractivity contribution in [3.8, 4) is 0 Å². The van der Waals surface area contributed by atoms with Crippen molar-refractivity contribution in [1.82, 2.24) is 21.3 Å². The highest BCUT2D eigenvalue weighted by molar-refractivity contribution is 7.80. The van der Waals surface area contributed by atoms with Crippen LogP contribution in [-0.4, -0.2) is 71.8 Å². The normalized spacial score (nSPS) is 13.4. The van der Waals surface area contributed by atoms with E-state index in [-0.39, 0.29) is 24.1 Å². The summed E-state index contributed by atoms with van der Waals surface area (Å²) in [6.45, 7) is 0.672. The molecule has 0 fully saturated rings. The van der Waals surface area contributed by atoms with Crippen LogP contribution in [0.2, 0.25) is 0 Å². The van der Waals surface area contributed by atoms with Crippen LogP contribution >= 0.6 is 12.6 Å². The quantitative estimate of drug-likeness (QED) is 0.0571. The number of carbonyl (C=O) groups excluding carboxylic acids is 2. The molecule has 3 atom stereocenters. The number of aliphatic carboxylic acids is 1. The number of nitrogens with two attached hydrogens (primary N) is 3. The molecule has 13 N–H and O–H groups in total. The van der Waals surface area contributed by atoms with Crippen LogP contribution in [0.15, 0.2) is 0 Å². The molecule has 0 unspecified atom stereocenters. The first-order chi connectivity index (χ1) is 13.6. The maximum absolute atomic E-state index is 12.4. The molecule has 14 heteroatoms. The monoisotopic (exact) mass is 433 g/mol. The highest BCUT2D eigenvalue weighted by Crippen LogP contribution is 2.02. The Balaban J connectivity index is 4.82. The van der Waals surface area contributed by atoms with E-state index in [2.05, 4.69) is 33.9 Å². The van der Waals surface area contributed by atoms with Gasteiger partial charge in [0.2, 0.25) is 11.8 Å². The van der Waals surface area contributed by atoms with E-state index in [1.807, 2.05) is 0 Å². The lowest BCUT2D eigenvalue weighted by molar-refractivity contribution is -0.141. The van der Waals surface area contributed by atoms with E-state index in [0.29, 0.717) is 32.4 Å². The van der Waals surface area contributed by atoms with Crippen molar-refractivity contribution in [3.63, 3.8) is 0 Å². The Morgan fingerprint density at radius 3 is 1.83 bits per heavy atom. The van der Waals surface area contributed by atoms with Crippen LogP contribution in [0.5, 0.6) is 0 Å². The Hall–Kier alpha value is -2.74. The van der Waals surface area contributed by atoms with E-state index in [0.717, 1.165) is 0 Å². The summed E-state index contributed by atoms with van der Waals surface area (Å²) in [5.41, 5.74) is 16.2. The van der Waals surface area contributed by atoms with Crippen LogP contribution in [0.4, 0.5) is 0 Å². The van der Waals surface area contributed by atoms with Crippen LogP contribution in [0.1, 0.15) is 25.7 Å². The number of guanidine groups is 2. The zero-order valence-corrected chi connectivity index (χ0v) is 16.9. The Morgan fingerprint density at radius 2 is 1.38 bits per heavy atom. The summed E-state index contributed by atoms with van der Waals surface area (Å²) in [4.78, 5) is 35.9. The van der Waals surface area contributed by atoms with Crippen molar-refractivity contribution in [3.05, 3.63) is 0 Å². The van der Waals surface area contributed by atoms with Crippen molar-refractivity contribution >= 4 is 42.3 Å². The lowest BCUT2D eigenvalue weighted by Crippen LogP contribution is -2.55. The van der Waals surface area contributed by atoms with Gasteiger partial charge in [0.05, 0.1) is 6.04 Å². The Bertz CT molecular complexity index is 590. The second-order valence-corrected chi connectivity index (χ2v) is 6.58. The Morgan fingerprint density at radius 1 is 0.897 bits per heavy atom. The summed E-state index contributed by atoms with van der Waals surface area (Å²) in [7, 11) is 0. The third-order valence-electron chi connectivity index (χ3n) is 3.76. The predicted molar refractivity (Wildman–Crippen MR) is 112 cm³/mol. The molecule has 0 bridgehead atoms. The molecule has 0 saturated heterocycles. The first-order valence-corrected chi connectivity index (χ1v) is 9.57. The molecule has 0 aliphatic heterocycles. The lowest BCUT2D eigenvalue weighted by atomic mass is 10.1. The minimum atomic E-state index is -1.24. The molecule has 13 nitrogen and oxygen atoms in total. The standard InChI is InChI=1S/C15H31N9O4S/c16-8(3-1-5-21-14(17)18)11(25)23-9(4-2-6-22-15(19)20)12(26)24-10(7-29)13(27)28/h8-10,29H,1-7,16H2,(H,23,25)(H,24,26)(H,27,28)(H4,17,18,21)(H4,19,20,22)/t8-,9-,10+/m0/s1. The average Bonchev–Trinajstić information content (AvgIpc) is 2.64. The second-order valence-electron chi connectivity index (χ2n) is 6.22. The van der Waals surface area contributed by atoms with Crippen LogP contribution in [0, 0.1) is 10.8 Å². The highest BCUT2D eigenvalue weighted by Gasteiger charge is 2.27. The van der Waals surface area contributed by atoms with Crippen LogP contribution in [0.3, 0.4) is 0 Å². The van der Waals surface area contributed by atoms with Crippen molar-refractivity contribution in [2.75, 3.05) is 18.8 Å². The smallest absolute Gasteiger partial charge is 0.327 e. The molecule has 2 amide bonds. The zero-order valence-electron chi connectivity index (χ0n) is 16.0. The van der Waals surface area contributed by atoms with Gasteiger partial charge in [-0.3, -0.25) is 20.4 Å². The maximum atomic E-state index is 12.4. The zero-order chi connectivity index (χ0) is 22.4. The minimum Gasteiger partial charge on any atom is -0.480 e. The fraction of sp³-hybridized carbons (Fsp3) is 0.667. The maximum Gasteiger partial charge on any atom is 0.327 e. The molecular weight excluding hydrogens is 402 g/mol. The van der Waals surface area contributed by atoms with Gasteiger partial charge in [-0.15, -0.1) is 0 Å². The number of rotatable bonds is 14. The number of carboxylic acids is 1. The molecule has 0 rings (SSSR count). The van der Waals surface area contributed by atoms with Gasteiger partial charge in [0.25, 0.3) is 0 Å². The van der Waals surface area contributed by atoms with Crippen molar-refractivity contribution in [2.45, 2.75) is 43.8 Å². The summed E-state index contributed by atoms with van der Waals surface area (Å²) in [6.07, 6.45) is 1.33. The van der Waals surface area contributed by atoms with Crippen LogP contribution in [-0.2, 0) is 14.4 Å². The molecule has 0 aliphatic rings. The van der Waals surface area contributed by atoms with Gasteiger partial charge in [0.15, 0.2) is 11.9 Å². The molecule has 0 radical (unpaired) electrons. The number of hydrogen-bond donors (Lipinski definition) is 11. The van der Waals surface area contributed by atoms with Crippen molar-refractivity contribution in [2.24, 2.45) is 17.2 Å². The van der Waals surface area contributed by atoms with Gasteiger partial charge in [0.1, 0.15) is 12.1 Å². The Kier molecular flexibility index (Phi) is 12.9. The number of thiol groups is 1. The topological polar surface area (TPSA) is 245 Å². The molecule has 166 valence electrons. The highest BCUT2D eigenvalue weighted by atomic mass is 32.1. The number of carboxylic acid groups (broad SMARTS) is 1. The van der Waals surface area contributed by atoms with E-state index >= 15 is 0 Å². The number of carbonyl (C=O) groups is 3. The average molecular weight is 434 g/mol. The lowest BCUT2D eigenvalue weighted by Gasteiger charge is -2.22. The van der Waals surface area contributed by atoms with Gasteiger partial charge in [-0.2, -0.15) is 12.6 Å². The third-order valence-corrected chi connectivity index (χ3v) is 4.12. The molecule has 0 spiro atoms. The fourth-order valence-electron chi connectivity index (χ4n) is 2.21. The van der Waals surface area contributed by atoms with E-state index < -0.39 is 35.9 Å². The first kappa shape index (κ1) is 26.3. The minimum absolute atomic E-state index is 0.115. The second kappa shape index (κ2) is 14.3. The molecular formula is C15H31N9O4S. The molecule has 0 aromatic rings. The predicted octanol–water partition coefficient (Wildman–Crippen LogP) is -3.18. The molecule has 0 heterocycles. The summed E-state index contributed by atoms with van der Waals surface area (Å²) in [6, 6.07) is -3.11. The van der Waals surface area contributed by atoms with E-state index in [4.69, 9.17) is 33.1 Å². The van der Waals surface area contributed by atoms with Crippen molar-refractivity contribution < 1.29 is 19.5 Å². The van der Waals surface area contributed by atoms with Crippen LogP contribution < -0.4 is 38.5 Å². The van der Waals surface area contributed by atoms with Gasteiger partial charge in [-0.05, 0) is 25.7 Å². The van der Waals surface area contributed by atoms with Gasteiger partial charge in [-0.1, -0.05) is 0 Å². The fourth-order valence-corrected chi connectivity index (χ4v) is 2.46. The van der Waals surface area contributed by atoms with Crippen molar-refractivity contribution in [1.29, 1.82) is 10.8 Å².